The van der Waals surface area contributed by atoms with E-state index in [1.165, 1.54) is 27.5 Å². The Kier molecular flexibility index (Phi) is 3.76. The molecule has 0 aliphatic rings. The molecule has 2 aromatic rings. The van der Waals surface area contributed by atoms with Gasteiger partial charge in [-0.05, 0) is 6.07 Å². The molecule has 0 fully saturated rings. The van der Waals surface area contributed by atoms with Gasteiger partial charge in [-0.15, -0.1) is 0 Å². The minimum absolute atomic E-state index is 0.136. The molecule has 0 aliphatic carbocycles. The van der Waals surface area contributed by atoms with Crippen molar-refractivity contribution in [1.29, 1.82) is 0 Å². The van der Waals surface area contributed by atoms with Crippen molar-refractivity contribution < 1.29 is 19.0 Å². The lowest BCUT2D eigenvalue weighted by molar-refractivity contribution is 0.112. The van der Waals surface area contributed by atoms with Crippen molar-refractivity contribution in [3.8, 4) is 17.2 Å². The first-order valence-electron chi connectivity index (χ1n) is 5.40. The maximum atomic E-state index is 11.2. The Bertz CT molecular complexity index is 642. The number of pyridine rings is 1. The first kappa shape index (κ1) is 13.4. The van der Waals surface area contributed by atoms with Gasteiger partial charge in [-0.1, -0.05) is 11.6 Å². The van der Waals surface area contributed by atoms with E-state index in [4.69, 9.17) is 25.8 Å². The van der Waals surface area contributed by atoms with E-state index in [-0.39, 0.29) is 5.15 Å². The normalized spacial score (nSPS) is 10.3. The van der Waals surface area contributed by atoms with Crippen LogP contribution in [-0.2, 0) is 0 Å². The molecule has 2 rings (SSSR count). The van der Waals surface area contributed by atoms with Crippen LogP contribution in [0.1, 0.15) is 10.4 Å². The van der Waals surface area contributed by atoms with Crippen molar-refractivity contribution in [2.45, 2.75) is 0 Å². The highest BCUT2D eigenvalue weighted by atomic mass is 35.5. The molecule has 1 aromatic carbocycles. The number of halogens is 1. The molecule has 1 heterocycles. The zero-order valence-corrected chi connectivity index (χ0v) is 11.4. The van der Waals surface area contributed by atoms with Crippen LogP contribution in [0.25, 0.3) is 10.8 Å². The van der Waals surface area contributed by atoms with Crippen LogP contribution in [0.2, 0.25) is 5.15 Å². The smallest absolute Gasteiger partial charge is 0.204 e. The number of rotatable bonds is 4. The van der Waals surface area contributed by atoms with Gasteiger partial charge in [0.05, 0.1) is 26.9 Å². The van der Waals surface area contributed by atoms with Crippen molar-refractivity contribution in [3.63, 3.8) is 0 Å². The van der Waals surface area contributed by atoms with Crippen molar-refractivity contribution >= 4 is 28.7 Å². The third kappa shape index (κ3) is 2.06. The van der Waals surface area contributed by atoms with Gasteiger partial charge in [-0.25, -0.2) is 4.98 Å². The zero-order valence-electron chi connectivity index (χ0n) is 10.7. The second-order valence-corrected chi connectivity index (χ2v) is 4.05. The Morgan fingerprint density at radius 3 is 2.32 bits per heavy atom. The van der Waals surface area contributed by atoms with Crippen LogP contribution in [0.4, 0.5) is 0 Å². The number of fused-ring (bicyclic) bond motifs is 1. The Morgan fingerprint density at radius 2 is 1.79 bits per heavy atom. The molecule has 19 heavy (non-hydrogen) atoms. The average Bonchev–Trinajstić information content (AvgIpc) is 2.44. The van der Waals surface area contributed by atoms with Crippen LogP contribution >= 0.6 is 11.6 Å². The Balaban J connectivity index is 2.96. The molecule has 0 bridgehead atoms. The van der Waals surface area contributed by atoms with Crippen LogP contribution in [0.3, 0.4) is 0 Å². The number of nitrogens with zero attached hydrogens (tertiary/aromatic N) is 1. The maximum absolute atomic E-state index is 11.2. The number of aldehydes is 1. The summed E-state index contributed by atoms with van der Waals surface area (Å²) in [7, 11) is 4.52. The van der Waals surface area contributed by atoms with E-state index in [2.05, 4.69) is 4.98 Å². The molecule has 100 valence electrons. The molecule has 0 saturated heterocycles. The van der Waals surface area contributed by atoms with E-state index in [1.54, 1.807) is 6.07 Å². The molecule has 6 heteroatoms. The molecule has 5 nitrogen and oxygen atoms in total. The highest BCUT2D eigenvalue weighted by Gasteiger charge is 2.19. The fourth-order valence-corrected chi connectivity index (χ4v) is 2.14. The molecular weight excluding hydrogens is 270 g/mol. The van der Waals surface area contributed by atoms with Gasteiger partial charge in [0.25, 0.3) is 0 Å². The summed E-state index contributed by atoms with van der Waals surface area (Å²) in [5.74, 6) is 1.35. The Morgan fingerprint density at radius 1 is 1.11 bits per heavy atom. The first-order chi connectivity index (χ1) is 9.17. The first-order valence-corrected chi connectivity index (χ1v) is 5.78. The summed E-state index contributed by atoms with van der Waals surface area (Å²) in [4.78, 5) is 15.1. The highest BCUT2D eigenvalue weighted by Crippen LogP contribution is 2.44. The molecule has 0 atom stereocenters. The van der Waals surface area contributed by atoms with Crippen molar-refractivity contribution in [2.75, 3.05) is 21.3 Å². The fraction of sp³-hybridized carbons (Fsp3) is 0.231. The highest BCUT2D eigenvalue weighted by molar-refractivity contribution is 6.33. The third-order valence-corrected chi connectivity index (χ3v) is 3.11. The number of methoxy groups -OCH3 is 3. The minimum atomic E-state index is 0.136. The lowest BCUT2D eigenvalue weighted by Crippen LogP contribution is -1.98. The number of ether oxygens (including phenoxy) is 3. The maximum Gasteiger partial charge on any atom is 0.204 e. The Labute approximate surface area is 115 Å². The molecule has 0 unspecified atom stereocenters. The number of carbonyl (C=O) groups is 1. The van der Waals surface area contributed by atoms with Crippen LogP contribution in [0, 0.1) is 0 Å². The van der Waals surface area contributed by atoms with E-state index < -0.39 is 0 Å². The van der Waals surface area contributed by atoms with E-state index in [0.29, 0.717) is 39.9 Å². The van der Waals surface area contributed by atoms with Crippen molar-refractivity contribution in [1.82, 2.24) is 4.98 Å². The van der Waals surface area contributed by atoms with Gasteiger partial charge in [-0.3, -0.25) is 4.79 Å². The van der Waals surface area contributed by atoms with E-state index in [9.17, 15) is 4.79 Å². The molecule has 0 radical (unpaired) electrons. The van der Waals surface area contributed by atoms with Gasteiger partial charge in [0, 0.05) is 17.0 Å². The van der Waals surface area contributed by atoms with Gasteiger partial charge >= 0.3 is 0 Å². The van der Waals surface area contributed by atoms with Gasteiger partial charge in [-0.2, -0.15) is 0 Å². The topological polar surface area (TPSA) is 57.7 Å². The van der Waals surface area contributed by atoms with E-state index in [1.807, 2.05) is 0 Å². The number of hydrogen-bond acceptors (Lipinski definition) is 5. The number of hydrogen-bond donors (Lipinski definition) is 0. The van der Waals surface area contributed by atoms with Crippen LogP contribution in [-0.4, -0.2) is 32.6 Å². The molecule has 0 N–H and O–H groups in total. The molecule has 0 aliphatic heterocycles. The molecule has 0 amide bonds. The molecular formula is C13H12ClNO4. The monoisotopic (exact) mass is 281 g/mol. The van der Waals surface area contributed by atoms with Gasteiger partial charge in [0.15, 0.2) is 17.8 Å². The summed E-state index contributed by atoms with van der Waals surface area (Å²) in [6.45, 7) is 0. The summed E-state index contributed by atoms with van der Waals surface area (Å²) in [6.07, 6.45) is 2.19. The number of aromatic nitrogens is 1. The van der Waals surface area contributed by atoms with Crippen LogP contribution < -0.4 is 14.2 Å². The lowest BCUT2D eigenvalue weighted by Gasteiger charge is -2.15. The summed E-state index contributed by atoms with van der Waals surface area (Å²) in [5.41, 5.74) is 0.290. The standard InChI is InChI=1S/C13H12ClNO4/c1-17-10-4-7-8(11(18-2)12(10)19-3)5-15-13(14)9(7)6-16/h4-6H,1-3H3. The largest absolute Gasteiger partial charge is 0.493 e. The SMILES string of the molecule is COc1cc2c(C=O)c(Cl)ncc2c(OC)c1OC. The van der Waals surface area contributed by atoms with Gasteiger partial charge in [0.1, 0.15) is 5.15 Å². The van der Waals surface area contributed by atoms with Gasteiger partial charge in [0.2, 0.25) is 5.75 Å². The summed E-state index contributed by atoms with van der Waals surface area (Å²) in [5, 5.41) is 1.37. The second-order valence-electron chi connectivity index (χ2n) is 3.69. The molecule has 0 spiro atoms. The quantitative estimate of drug-likeness (QED) is 0.637. The van der Waals surface area contributed by atoms with E-state index in [0.717, 1.165) is 0 Å². The molecule has 1 aromatic heterocycles. The van der Waals surface area contributed by atoms with Crippen molar-refractivity contribution in [2.24, 2.45) is 0 Å². The molecule has 0 saturated carbocycles. The fourth-order valence-electron chi connectivity index (χ4n) is 1.94. The van der Waals surface area contributed by atoms with Crippen LogP contribution in [0.5, 0.6) is 17.2 Å². The number of carbonyl (C=O) groups excluding carboxylic acids is 1. The third-order valence-electron chi connectivity index (χ3n) is 2.81. The average molecular weight is 282 g/mol. The minimum Gasteiger partial charge on any atom is -0.493 e. The summed E-state index contributed by atoms with van der Waals surface area (Å²) in [6, 6.07) is 1.67. The number of benzene rings is 1. The van der Waals surface area contributed by atoms with Crippen LogP contribution in [0.15, 0.2) is 12.3 Å². The van der Waals surface area contributed by atoms with Gasteiger partial charge < -0.3 is 14.2 Å². The summed E-state index contributed by atoms with van der Waals surface area (Å²) < 4.78 is 15.8. The summed E-state index contributed by atoms with van der Waals surface area (Å²) >= 11 is 5.91. The lowest BCUT2D eigenvalue weighted by atomic mass is 10.1. The Hall–Kier alpha value is -2.01. The second kappa shape index (κ2) is 5.32. The predicted octanol–water partition coefficient (Wildman–Crippen LogP) is 2.73. The van der Waals surface area contributed by atoms with Crippen molar-refractivity contribution in [3.05, 3.63) is 23.0 Å². The van der Waals surface area contributed by atoms with E-state index >= 15 is 0 Å². The zero-order chi connectivity index (χ0) is 14.0. The predicted molar refractivity (Wildman–Crippen MR) is 71.8 cm³/mol.